The summed E-state index contributed by atoms with van der Waals surface area (Å²) in [7, 11) is 5.08. The number of rotatable bonds is 12. The molecule has 3 rings (SSSR count). The van der Waals surface area contributed by atoms with Crippen LogP contribution in [0.25, 0.3) is 0 Å². The van der Waals surface area contributed by atoms with Gasteiger partial charge in [-0.2, -0.15) is 0 Å². The van der Waals surface area contributed by atoms with Crippen LogP contribution in [0.5, 0.6) is 23.0 Å². The van der Waals surface area contributed by atoms with Crippen molar-refractivity contribution in [2.24, 2.45) is 7.05 Å². The van der Waals surface area contributed by atoms with Crippen LogP contribution in [0.4, 0.5) is 0 Å². The number of carbonyl (C=O) groups is 1. The van der Waals surface area contributed by atoms with E-state index in [-0.39, 0.29) is 5.91 Å². The van der Waals surface area contributed by atoms with Gasteiger partial charge in [-0.15, -0.1) is 0 Å². The van der Waals surface area contributed by atoms with E-state index in [1.54, 1.807) is 26.5 Å². The second-order valence-corrected chi connectivity index (χ2v) is 7.37. The van der Waals surface area contributed by atoms with Crippen molar-refractivity contribution < 1.29 is 23.7 Å². The summed E-state index contributed by atoms with van der Waals surface area (Å²) in [4.78, 5) is 17.3. The lowest BCUT2D eigenvalue weighted by Gasteiger charge is -2.20. The lowest BCUT2D eigenvalue weighted by molar-refractivity contribution is -0.121. The summed E-state index contributed by atoms with van der Waals surface area (Å²) in [5.74, 6) is 3.26. The lowest BCUT2D eigenvalue weighted by Crippen LogP contribution is -2.31. The fourth-order valence-corrected chi connectivity index (χ4v) is 3.44. The molecule has 0 bridgehead atoms. The maximum atomic E-state index is 12.8. The quantitative estimate of drug-likeness (QED) is 0.419. The highest BCUT2D eigenvalue weighted by molar-refractivity contribution is 5.76. The van der Waals surface area contributed by atoms with Gasteiger partial charge in [0.2, 0.25) is 5.91 Å². The van der Waals surface area contributed by atoms with Crippen LogP contribution in [0.1, 0.15) is 37.2 Å². The molecule has 2 aromatic carbocycles. The summed E-state index contributed by atoms with van der Waals surface area (Å²) in [6, 6.07) is 12.6. The first-order valence-corrected chi connectivity index (χ1v) is 10.9. The van der Waals surface area contributed by atoms with Crippen molar-refractivity contribution in [1.82, 2.24) is 14.9 Å². The van der Waals surface area contributed by atoms with Crippen molar-refractivity contribution in [2.45, 2.75) is 25.8 Å². The molecule has 33 heavy (non-hydrogen) atoms. The number of nitrogens with one attached hydrogen (secondary N) is 1. The summed E-state index contributed by atoms with van der Waals surface area (Å²) in [5.41, 5.74) is 0.816. The number of hydrogen-bond acceptors (Lipinski definition) is 6. The Kier molecular flexibility index (Phi) is 8.57. The van der Waals surface area contributed by atoms with Crippen molar-refractivity contribution in [3.8, 4) is 23.0 Å². The average Bonchev–Trinajstić information content (AvgIpc) is 3.26. The van der Waals surface area contributed by atoms with E-state index in [9.17, 15) is 4.79 Å². The molecule has 0 spiro atoms. The molecule has 0 aliphatic heterocycles. The lowest BCUT2D eigenvalue weighted by atomic mass is 10.0. The van der Waals surface area contributed by atoms with E-state index >= 15 is 0 Å². The van der Waals surface area contributed by atoms with Gasteiger partial charge in [-0.05, 0) is 43.2 Å². The molecule has 0 saturated carbocycles. The molecule has 1 amide bonds. The van der Waals surface area contributed by atoms with E-state index in [1.807, 2.05) is 61.1 Å². The number of nitrogens with zero attached hydrogens (tertiary/aromatic N) is 2. The number of aromatic nitrogens is 2. The number of amides is 1. The van der Waals surface area contributed by atoms with Gasteiger partial charge in [-0.25, -0.2) is 4.98 Å². The first-order chi connectivity index (χ1) is 16.0. The maximum absolute atomic E-state index is 12.8. The van der Waals surface area contributed by atoms with Crippen molar-refractivity contribution in [3.05, 3.63) is 66.2 Å². The van der Waals surface area contributed by atoms with E-state index < -0.39 is 6.04 Å². The van der Waals surface area contributed by atoms with Crippen molar-refractivity contribution in [1.29, 1.82) is 0 Å². The van der Waals surface area contributed by atoms with Crippen LogP contribution in [0.15, 0.2) is 54.9 Å². The Labute approximate surface area is 194 Å². The standard InChI is InChI=1S/C25H31N3O5/c1-5-32-21-9-6-7-10-22(21)33-14-8-11-23(29)27-24(25-26-12-13-28(25)2)18-15-19(30-3)17-20(16-18)31-4/h6-7,9-10,12-13,15-17,24H,5,8,11,14H2,1-4H3,(H,27,29). The Balaban J connectivity index is 1.66. The number of methoxy groups -OCH3 is 2. The minimum Gasteiger partial charge on any atom is -0.497 e. The molecule has 176 valence electrons. The third-order valence-electron chi connectivity index (χ3n) is 5.08. The fraction of sp³-hybridized carbons (Fsp3) is 0.360. The predicted octanol–water partition coefficient (Wildman–Crippen LogP) is 3.90. The van der Waals surface area contributed by atoms with Crippen LogP contribution in [0.2, 0.25) is 0 Å². The largest absolute Gasteiger partial charge is 0.497 e. The smallest absolute Gasteiger partial charge is 0.220 e. The summed E-state index contributed by atoms with van der Waals surface area (Å²) < 4.78 is 24.1. The van der Waals surface area contributed by atoms with Crippen LogP contribution in [-0.2, 0) is 11.8 Å². The molecule has 3 aromatic rings. The Morgan fingerprint density at radius 2 is 1.73 bits per heavy atom. The third-order valence-corrected chi connectivity index (χ3v) is 5.08. The van der Waals surface area contributed by atoms with Gasteiger partial charge >= 0.3 is 0 Å². The fourth-order valence-electron chi connectivity index (χ4n) is 3.44. The zero-order valence-corrected chi connectivity index (χ0v) is 19.5. The predicted molar refractivity (Wildman–Crippen MR) is 125 cm³/mol. The summed E-state index contributed by atoms with van der Waals surface area (Å²) in [6.45, 7) is 2.89. The van der Waals surface area contributed by atoms with Gasteiger partial charge in [-0.3, -0.25) is 4.79 Å². The molecule has 0 radical (unpaired) electrons. The number of aryl methyl sites for hydroxylation is 1. The number of benzene rings is 2. The zero-order chi connectivity index (χ0) is 23.6. The Morgan fingerprint density at radius 1 is 1.06 bits per heavy atom. The molecule has 0 saturated heterocycles. The Morgan fingerprint density at radius 3 is 2.30 bits per heavy atom. The molecule has 8 nitrogen and oxygen atoms in total. The molecule has 1 aromatic heterocycles. The molecule has 0 fully saturated rings. The zero-order valence-electron chi connectivity index (χ0n) is 19.5. The third kappa shape index (κ3) is 6.41. The molecular formula is C25H31N3O5. The van der Waals surface area contributed by atoms with E-state index in [4.69, 9.17) is 18.9 Å². The monoisotopic (exact) mass is 453 g/mol. The van der Waals surface area contributed by atoms with Crippen LogP contribution in [-0.4, -0.2) is 42.9 Å². The average molecular weight is 454 g/mol. The van der Waals surface area contributed by atoms with Gasteiger partial charge in [0.1, 0.15) is 23.4 Å². The minimum atomic E-state index is -0.457. The summed E-state index contributed by atoms with van der Waals surface area (Å²) in [5, 5.41) is 3.10. The van der Waals surface area contributed by atoms with Crippen LogP contribution >= 0.6 is 0 Å². The van der Waals surface area contributed by atoms with E-state index in [2.05, 4.69) is 10.3 Å². The van der Waals surface area contributed by atoms with Crippen molar-refractivity contribution in [2.75, 3.05) is 27.4 Å². The van der Waals surface area contributed by atoms with Crippen molar-refractivity contribution >= 4 is 5.91 Å². The van der Waals surface area contributed by atoms with Gasteiger partial charge in [0, 0.05) is 31.9 Å². The Bertz CT molecular complexity index is 1030. The second-order valence-electron chi connectivity index (χ2n) is 7.37. The number of carbonyl (C=O) groups excluding carboxylic acids is 1. The molecular weight excluding hydrogens is 422 g/mol. The normalized spacial score (nSPS) is 11.5. The Hall–Kier alpha value is -3.68. The first-order valence-electron chi connectivity index (χ1n) is 10.9. The molecule has 1 N–H and O–H groups in total. The molecule has 1 heterocycles. The second kappa shape index (κ2) is 11.8. The van der Waals surface area contributed by atoms with Crippen molar-refractivity contribution in [3.63, 3.8) is 0 Å². The number of ether oxygens (including phenoxy) is 4. The molecule has 1 unspecified atom stereocenters. The van der Waals surface area contributed by atoms with Gasteiger partial charge in [-0.1, -0.05) is 12.1 Å². The van der Waals surface area contributed by atoms with Gasteiger partial charge in [0.25, 0.3) is 0 Å². The van der Waals surface area contributed by atoms with Crippen LogP contribution in [0, 0.1) is 0 Å². The molecule has 0 aliphatic rings. The van der Waals surface area contributed by atoms with E-state index in [0.717, 1.165) is 5.56 Å². The number of imidazole rings is 1. The molecule has 1 atom stereocenters. The van der Waals surface area contributed by atoms with Gasteiger partial charge in [0.15, 0.2) is 11.5 Å². The number of para-hydroxylation sites is 2. The highest BCUT2D eigenvalue weighted by atomic mass is 16.5. The number of hydrogen-bond donors (Lipinski definition) is 1. The van der Waals surface area contributed by atoms with Gasteiger partial charge in [0.05, 0.1) is 27.4 Å². The minimum absolute atomic E-state index is 0.105. The SMILES string of the molecule is CCOc1ccccc1OCCCC(=O)NC(c1cc(OC)cc(OC)c1)c1nccn1C. The first kappa shape index (κ1) is 24.0. The van der Waals surface area contributed by atoms with Crippen LogP contribution in [0.3, 0.4) is 0 Å². The maximum Gasteiger partial charge on any atom is 0.220 e. The highest BCUT2D eigenvalue weighted by Gasteiger charge is 2.22. The van der Waals surface area contributed by atoms with E-state index in [0.29, 0.717) is 54.9 Å². The van der Waals surface area contributed by atoms with Gasteiger partial charge < -0.3 is 28.8 Å². The summed E-state index contributed by atoms with van der Waals surface area (Å²) in [6.07, 6.45) is 4.41. The van der Waals surface area contributed by atoms with E-state index in [1.165, 1.54) is 0 Å². The molecule has 0 aliphatic carbocycles. The highest BCUT2D eigenvalue weighted by Crippen LogP contribution is 2.30. The summed E-state index contributed by atoms with van der Waals surface area (Å²) >= 11 is 0. The van der Waals surface area contributed by atoms with Crippen LogP contribution < -0.4 is 24.3 Å². The topological polar surface area (TPSA) is 83.8 Å². The molecule has 8 heteroatoms.